The van der Waals surface area contributed by atoms with Gasteiger partial charge >= 0.3 is 0 Å². The van der Waals surface area contributed by atoms with Crippen LogP contribution in [0.25, 0.3) is 0 Å². The molecule has 10 atom stereocenters. The van der Waals surface area contributed by atoms with Gasteiger partial charge in [-0.25, -0.2) is 0 Å². The maximum Gasteiger partial charge on any atom is 0.0971 e. The van der Waals surface area contributed by atoms with Crippen molar-refractivity contribution in [2.45, 2.75) is 136 Å². The Hall–Kier alpha value is -0.0800. The molecule has 10 unspecified atom stereocenters. The molecule has 0 radical (unpaired) electrons. The molecule has 1 saturated heterocycles. The molecule has 1 heterocycles. The van der Waals surface area contributed by atoms with Gasteiger partial charge in [-0.15, -0.1) is 0 Å². The number of hydrogen-bond acceptors (Lipinski definition) is 2. The zero-order chi connectivity index (χ0) is 22.2. The second kappa shape index (κ2) is 7.46. The highest BCUT2D eigenvalue weighted by molar-refractivity contribution is 5.12. The molecular formula is C29H50O2. The lowest BCUT2D eigenvalue weighted by atomic mass is 9.44. The third-order valence-corrected chi connectivity index (χ3v) is 12.5. The number of epoxide rings is 1. The second-order valence-corrected chi connectivity index (χ2v) is 13.8. The highest BCUT2D eigenvalue weighted by Gasteiger charge is 2.63. The van der Waals surface area contributed by atoms with Crippen molar-refractivity contribution in [2.24, 2.45) is 46.3 Å². The predicted molar refractivity (Wildman–Crippen MR) is 128 cm³/mol. The summed E-state index contributed by atoms with van der Waals surface area (Å²) in [4.78, 5) is 0. The van der Waals surface area contributed by atoms with E-state index in [4.69, 9.17) is 4.74 Å². The minimum absolute atomic E-state index is 0.0213. The van der Waals surface area contributed by atoms with Crippen LogP contribution in [0.15, 0.2) is 0 Å². The van der Waals surface area contributed by atoms with Crippen LogP contribution in [0.2, 0.25) is 0 Å². The van der Waals surface area contributed by atoms with Crippen LogP contribution in [-0.4, -0.2) is 22.4 Å². The van der Waals surface area contributed by atoms with E-state index in [0.717, 1.165) is 54.8 Å². The van der Waals surface area contributed by atoms with Gasteiger partial charge in [0, 0.05) is 0 Å². The van der Waals surface area contributed by atoms with Gasteiger partial charge in [-0.3, -0.25) is 0 Å². The van der Waals surface area contributed by atoms with Crippen LogP contribution in [0.5, 0.6) is 0 Å². The van der Waals surface area contributed by atoms with Gasteiger partial charge in [0.05, 0.1) is 17.3 Å². The Morgan fingerprint density at radius 3 is 2.26 bits per heavy atom. The Morgan fingerprint density at radius 2 is 1.58 bits per heavy atom. The van der Waals surface area contributed by atoms with E-state index in [9.17, 15) is 5.11 Å². The summed E-state index contributed by atoms with van der Waals surface area (Å²) in [5, 5.41) is 10.3. The smallest absolute Gasteiger partial charge is 0.0971 e. The van der Waals surface area contributed by atoms with E-state index in [-0.39, 0.29) is 17.3 Å². The molecule has 5 rings (SSSR count). The summed E-state index contributed by atoms with van der Waals surface area (Å²) in [6, 6.07) is 0. The molecule has 5 aliphatic rings. The molecule has 0 bridgehead atoms. The third kappa shape index (κ3) is 3.31. The quantitative estimate of drug-likeness (QED) is 0.461. The van der Waals surface area contributed by atoms with Crippen molar-refractivity contribution < 1.29 is 9.84 Å². The van der Waals surface area contributed by atoms with Gasteiger partial charge in [-0.2, -0.15) is 0 Å². The standard InChI is InChI=1S/C29H50O2/c1-7-29(26(3,4)31-29)17-12-19(2)23-10-11-24-22-9-8-20-18-21(30)13-15-27(20,5)25(22)14-16-28(23,24)6/h19-25,30H,7-18H2,1-6H3. The summed E-state index contributed by atoms with van der Waals surface area (Å²) < 4.78 is 6.21. The van der Waals surface area contributed by atoms with Crippen molar-refractivity contribution in [3.63, 3.8) is 0 Å². The number of aliphatic hydroxyl groups excluding tert-OH is 1. The van der Waals surface area contributed by atoms with Gasteiger partial charge in [0.15, 0.2) is 0 Å². The summed E-state index contributed by atoms with van der Waals surface area (Å²) in [5.74, 6) is 5.36. The van der Waals surface area contributed by atoms with E-state index in [2.05, 4.69) is 41.5 Å². The monoisotopic (exact) mass is 430 g/mol. The molecule has 178 valence electrons. The van der Waals surface area contributed by atoms with Crippen LogP contribution in [0.4, 0.5) is 0 Å². The first kappa shape index (κ1) is 22.7. The summed E-state index contributed by atoms with van der Waals surface area (Å²) in [5.41, 5.74) is 1.34. The van der Waals surface area contributed by atoms with E-state index >= 15 is 0 Å². The third-order valence-electron chi connectivity index (χ3n) is 12.5. The molecule has 2 heteroatoms. The molecule has 0 aromatic carbocycles. The van der Waals surface area contributed by atoms with Gasteiger partial charge < -0.3 is 9.84 Å². The molecule has 5 fully saturated rings. The van der Waals surface area contributed by atoms with E-state index < -0.39 is 0 Å². The predicted octanol–water partition coefficient (Wildman–Crippen LogP) is 7.38. The van der Waals surface area contributed by atoms with Gasteiger partial charge in [0.1, 0.15) is 0 Å². The van der Waals surface area contributed by atoms with Crippen LogP contribution in [0.1, 0.15) is 119 Å². The maximum absolute atomic E-state index is 10.3. The van der Waals surface area contributed by atoms with Crippen molar-refractivity contribution >= 4 is 0 Å². The average Bonchev–Trinajstić information content (AvgIpc) is 3.09. The van der Waals surface area contributed by atoms with Gasteiger partial charge in [-0.1, -0.05) is 27.7 Å². The van der Waals surface area contributed by atoms with Crippen LogP contribution >= 0.6 is 0 Å². The fourth-order valence-corrected chi connectivity index (χ4v) is 10.4. The average molecular weight is 431 g/mol. The molecule has 0 spiro atoms. The van der Waals surface area contributed by atoms with Gasteiger partial charge in [-0.05, 0) is 137 Å². The van der Waals surface area contributed by atoms with Crippen LogP contribution in [0.3, 0.4) is 0 Å². The van der Waals surface area contributed by atoms with Crippen molar-refractivity contribution in [2.75, 3.05) is 0 Å². The molecule has 0 aromatic rings. The molecule has 31 heavy (non-hydrogen) atoms. The van der Waals surface area contributed by atoms with E-state index in [1.807, 2.05) is 0 Å². The molecule has 4 saturated carbocycles. The summed E-state index contributed by atoms with van der Waals surface area (Å²) in [7, 11) is 0. The fourth-order valence-electron chi connectivity index (χ4n) is 10.4. The summed E-state index contributed by atoms with van der Waals surface area (Å²) in [6.45, 7) is 14.8. The fraction of sp³-hybridized carbons (Fsp3) is 1.00. The lowest BCUT2D eigenvalue weighted by molar-refractivity contribution is -0.129. The molecule has 0 aromatic heterocycles. The van der Waals surface area contributed by atoms with Crippen LogP contribution in [0, 0.1) is 46.3 Å². The molecular weight excluding hydrogens is 380 g/mol. The lowest BCUT2D eigenvalue weighted by Gasteiger charge is -2.61. The topological polar surface area (TPSA) is 32.8 Å². The number of aliphatic hydroxyl groups is 1. The van der Waals surface area contributed by atoms with Crippen molar-refractivity contribution in [1.29, 1.82) is 0 Å². The zero-order valence-electron chi connectivity index (χ0n) is 21.4. The second-order valence-electron chi connectivity index (χ2n) is 13.8. The number of rotatable bonds is 5. The van der Waals surface area contributed by atoms with Crippen molar-refractivity contribution in [3.8, 4) is 0 Å². The molecule has 4 aliphatic carbocycles. The van der Waals surface area contributed by atoms with Crippen LogP contribution in [-0.2, 0) is 4.74 Å². The first-order valence-electron chi connectivity index (χ1n) is 13.9. The first-order valence-corrected chi connectivity index (χ1v) is 13.9. The Bertz CT molecular complexity index is 686. The van der Waals surface area contributed by atoms with Crippen LogP contribution < -0.4 is 0 Å². The zero-order valence-corrected chi connectivity index (χ0v) is 21.4. The Kier molecular flexibility index (Phi) is 5.46. The summed E-state index contributed by atoms with van der Waals surface area (Å²) in [6.07, 6.45) is 15.8. The largest absolute Gasteiger partial charge is 0.393 e. The summed E-state index contributed by atoms with van der Waals surface area (Å²) >= 11 is 0. The van der Waals surface area contributed by atoms with Crippen molar-refractivity contribution in [1.82, 2.24) is 0 Å². The minimum atomic E-state index is -0.0213. The van der Waals surface area contributed by atoms with E-state index in [1.165, 1.54) is 57.8 Å². The van der Waals surface area contributed by atoms with Gasteiger partial charge in [0.25, 0.3) is 0 Å². The lowest BCUT2D eigenvalue weighted by Crippen LogP contribution is -2.54. The Balaban J connectivity index is 1.28. The Labute approximate surface area is 192 Å². The first-order chi connectivity index (χ1) is 14.6. The highest BCUT2D eigenvalue weighted by Crippen LogP contribution is 2.68. The minimum Gasteiger partial charge on any atom is -0.393 e. The Morgan fingerprint density at radius 1 is 0.903 bits per heavy atom. The van der Waals surface area contributed by atoms with E-state index in [1.54, 1.807) is 0 Å². The number of ether oxygens (including phenoxy) is 1. The number of hydrogen-bond donors (Lipinski definition) is 1. The van der Waals surface area contributed by atoms with E-state index in [0.29, 0.717) is 10.8 Å². The van der Waals surface area contributed by atoms with Crippen molar-refractivity contribution in [3.05, 3.63) is 0 Å². The molecule has 0 amide bonds. The normalized spacial score (nSPS) is 53.9. The maximum atomic E-state index is 10.3. The molecule has 1 aliphatic heterocycles. The molecule has 2 nitrogen and oxygen atoms in total. The highest BCUT2D eigenvalue weighted by atomic mass is 16.6. The molecule has 1 N–H and O–H groups in total. The van der Waals surface area contributed by atoms with Gasteiger partial charge in [0.2, 0.25) is 0 Å². The number of fused-ring (bicyclic) bond motifs is 5. The SMILES string of the molecule is CCC1(CCC(C)C2CCC3C4CCC5CC(O)CCC5(C)C4CCC23C)OC1(C)C.